The summed E-state index contributed by atoms with van der Waals surface area (Å²) in [6, 6.07) is 5.18. The predicted octanol–water partition coefficient (Wildman–Crippen LogP) is 2.97. The summed E-state index contributed by atoms with van der Waals surface area (Å²) in [5, 5.41) is 3.91. The number of carbonyl (C=O) groups is 2. The molecule has 1 atom stereocenters. The maximum atomic E-state index is 13.0. The van der Waals surface area contributed by atoms with Gasteiger partial charge < -0.3 is 18.9 Å². The SMILES string of the molecule is COc1ccc(C(=O)[C@H]2CCCN(C(=O)Cc3c(C)noc3C)C2)cc1OC. The summed E-state index contributed by atoms with van der Waals surface area (Å²) in [6.07, 6.45) is 1.82. The van der Waals surface area contributed by atoms with Crippen molar-refractivity contribution in [1.29, 1.82) is 0 Å². The van der Waals surface area contributed by atoms with E-state index >= 15 is 0 Å². The molecule has 1 fully saturated rings. The lowest BCUT2D eigenvalue weighted by atomic mass is 9.89. The van der Waals surface area contributed by atoms with Crippen LogP contribution in [0.25, 0.3) is 0 Å². The third kappa shape index (κ3) is 4.03. The lowest BCUT2D eigenvalue weighted by Crippen LogP contribution is -2.43. The zero-order valence-electron chi connectivity index (χ0n) is 16.8. The number of ether oxygens (including phenoxy) is 2. The number of carbonyl (C=O) groups excluding carboxylic acids is 2. The fraction of sp³-hybridized carbons (Fsp3) is 0.476. The van der Waals surface area contributed by atoms with Crippen molar-refractivity contribution in [3.63, 3.8) is 0 Å². The second-order valence-electron chi connectivity index (χ2n) is 7.09. The predicted molar refractivity (Wildman–Crippen MR) is 103 cm³/mol. The Morgan fingerprint density at radius 3 is 2.61 bits per heavy atom. The number of ketones is 1. The zero-order chi connectivity index (χ0) is 20.3. The summed E-state index contributed by atoms with van der Waals surface area (Å²) in [4.78, 5) is 27.5. The number of benzene rings is 1. The van der Waals surface area contributed by atoms with Crippen molar-refractivity contribution in [2.45, 2.75) is 33.1 Å². The molecule has 1 aliphatic rings. The molecule has 1 amide bonds. The minimum Gasteiger partial charge on any atom is -0.493 e. The van der Waals surface area contributed by atoms with Crippen LogP contribution in [0.5, 0.6) is 11.5 Å². The number of rotatable bonds is 6. The van der Waals surface area contributed by atoms with Crippen molar-refractivity contribution in [1.82, 2.24) is 10.1 Å². The van der Waals surface area contributed by atoms with Crippen molar-refractivity contribution in [2.75, 3.05) is 27.3 Å². The Morgan fingerprint density at radius 1 is 1.21 bits per heavy atom. The largest absolute Gasteiger partial charge is 0.493 e. The highest BCUT2D eigenvalue weighted by Gasteiger charge is 2.30. The number of hydrogen-bond donors (Lipinski definition) is 0. The van der Waals surface area contributed by atoms with E-state index in [-0.39, 0.29) is 24.0 Å². The summed E-state index contributed by atoms with van der Waals surface area (Å²) < 4.78 is 15.7. The summed E-state index contributed by atoms with van der Waals surface area (Å²) in [6.45, 7) is 4.73. The Morgan fingerprint density at radius 2 is 1.96 bits per heavy atom. The van der Waals surface area contributed by atoms with E-state index in [2.05, 4.69) is 5.16 Å². The highest BCUT2D eigenvalue weighted by atomic mass is 16.5. The van der Waals surface area contributed by atoms with Gasteiger partial charge in [-0.25, -0.2) is 0 Å². The first-order chi connectivity index (χ1) is 13.4. The zero-order valence-corrected chi connectivity index (χ0v) is 16.8. The van der Waals surface area contributed by atoms with E-state index < -0.39 is 0 Å². The fourth-order valence-electron chi connectivity index (χ4n) is 3.66. The van der Waals surface area contributed by atoms with E-state index in [1.54, 1.807) is 37.3 Å². The van der Waals surface area contributed by atoms with E-state index in [1.807, 2.05) is 13.8 Å². The number of amides is 1. The van der Waals surface area contributed by atoms with Gasteiger partial charge in [0.15, 0.2) is 17.3 Å². The maximum Gasteiger partial charge on any atom is 0.227 e. The summed E-state index contributed by atoms with van der Waals surface area (Å²) >= 11 is 0. The van der Waals surface area contributed by atoms with Gasteiger partial charge in [-0.2, -0.15) is 0 Å². The highest BCUT2D eigenvalue weighted by Crippen LogP contribution is 2.30. The Kier molecular flexibility index (Phi) is 6.02. The fourth-order valence-corrected chi connectivity index (χ4v) is 3.66. The van der Waals surface area contributed by atoms with Crippen molar-refractivity contribution >= 4 is 11.7 Å². The van der Waals surface area contributed by atoms with Crippen LogP contribution in [-0.2, 0) is 11.2 Å². The minimum atomic E-state index is -0.222. The minimum absolute atomic E-state index is 0.000730. The Hall–Kier alpha value is -2.83. The number of aryl methyl sites for hydroxylation is 2. The van der Waals surface area contributed by atoms with Crippen LogP contribution in [0.1, 0.15) is 40.2 Å². The van der Waals surface area contributed by atoms with Crippen molar-refractivity contribution in [2.24, 2.45) is 5.92 Å². The van der Waals surface area contributed by atoms with Gasteiger partial charge in [-0.1, -0.05) is 5.16 Å². The van der Waals surface area contributed by atoms with Gasteiger partial charge in [0.05, 0.1) is 26.3 Å². The molecule has 1 saturated heterocycles. The molecule has 150 valence electrons. The number of nitrogens with zero attached hydrogens (tertiary/aromatic N) is 2. The molecule has 1 aromatic heterocycles. The Balaban J connectivity index is 1.70. The molecule has 0 spiro atoms. The molecule has 0 N–H and O–H groups in total. The summed E-state index contributed by atoms with van der Waals surface area (Å²) in [7, 11) is 3.10. The van der Waals surface area contributed by atoms with E-state index in [9.17, 15) is 9.59 Å². The summed E-state index contributed by atoms with van der Waals surface area (Å²) in [5.74, 6) is 1.57. The molecular weight excluding hydrogens is 360 g/mol. The molecule has 2 heterocycles. The van der Waals surface area contributed by atoms with Crippen LogP contribution < -0.4 is 9.47 Å². The van der Waals surface area contributed by atoms with Gasteiger partial charge in [0.25, 0.3) is 0 Å². The van der Waals surface area contributed by atoms with E-state index in [0.717, 1.165) is 24.1 Å². The first kappa shape index (κ1) is 19.9. The van der Waals surface area contributed by atoms with Crippen molar-refractivity contribution < 1.29 is 23.6 Å². The van der Waals surface area contributed by atoms with Crippen molar-refractivity contribution in [3.05, 3.63) is 40.8 Å². The molecule has 1 aliphatic heterocycles. The molecule has 7 nitrogen and oxygen atoms in total. The lowest BCUT2D eigenvalue weighted by molar-refractivity contribution is -0.131. The van der Waals surface area contributed by atoms with Crippen LogP contribution in [0.15, 0.2) is 22.7 Å². The van der Waals surface area contributed by atoms with Gasteiger partial charge in [0.2, 0.25) is 5.91 Å². The van der Waals surface area contributed by atoms with Crippen LogP contribution in [-0.4, -0.2) is 49.1 Å². The average molecular weight is 386 g/mol. The Bertz CT molecular complexity index is 854. The molecule has 0 saturated carbocycles. The molecule has 7 heteroatoms. The van der Waals surface area contributed by atoms with Crippen LogP contribution in [0.2, 0.25) is 0 Å². The van der Waals surface area contributed by atoms with Crippen LogP contribution in [0.4, 0.5) is 0 Å². The van der Waals surface area contributed by atoms with Gasteiger partial charge in [-0.15, -0.1) is 0 Å². The van der Waals surface area contributed by atoms with Crippen LogP contribution >= 0.6 is 0 Å². The van der Waals surface area contributed by atoms with E-state index in [0.29, 0.717) is 35.9 Å². The number of Topliss-reactive ketones (excluding diaryl/α,β-unsaturated/α-hetero) is 1. The lowest BCUT2D eigenvalue weighted by Gasteiger charge is -2.32. The molecule has 28 heavy (non-hydrogen) atoms. The first-order valence-corrected chi connectivity index (χ1v) is 9.40. The maximum absolute atomic E-state index is 13.0. The van der Waals surface area contributed by atoms with E-state index in [4.69, 9.17) is 14.0 Å². The molecule has 2 aromatic rings. The molecular formula is C21H26N2O5. The molecule has 0 bridgehead atoms. The standard InChI is InChI=1S/C21H26N2O5/c1-13-17(14(2)28-22-13)11-20(24)23-9-5-6-16(12-23)21(25)15-7-8-18(26-3)19(10-15)27-4/h7-8,10,16H,5-6,9,11-12H2,1-4H3/t16-/m0/s1. The topological polar surface area (TPSA) is 81.9 Å². The summed E-state index contributed by atoms with van der Waals surface area (Å²) in [5.41, 5.74) is 2.14. The number of aromatic nitrogens is 1. The monoisotopic (exact) mass is 386 g/mol. The third-order valence-corrected chi connectivity index (χ3v) is 5.32. The normalized spacial score (nSPS) is 16.7. The Labute approximate surface area is 164 Å². The third-order valence-electron chi connectivity index (χ3n) is 5.32. The number of hydrogen-bond acceptors (Lipinski definition) is 6. The number of likely N-dealkylation sites (tertiary alicyclic amines) is 1. The molecule has 1 aromatic carbocycles. The van der Waals surface area contributed by atoms with Gasteiger partial charge in [-0.05, 0) is 44.9 Å². The molecule has 3 rings (SSSR count). The molecule has 0 unspecified atom stereocenters. The molecule has 0 radical (unpaired) electrons. The smallest absolute Gasteiger partial charge is 0.227 e. The second kappa shape index (κ2) is 8.46. The number of methoxy groups -OCH3 is 2. The van der Waals surface area contributed by atoms with Gasteiger partial charge in [-0.3, -0.25) is 9.59 Å². The first-order valence-electron chi connectivity index (χ1n) is 9.40. The van der Waals surface area contributed by atoms with Gasteiger partial charge >= 0.3 is 0 Å². The highest BCUT2D eigenvalue weighted by molar-refractivity contribution is 5.99. The van der Waals surface area contributed by atoms with Gasteiger partial charge in [0, 0.05) is 30.1 Å². The number of piperidine rings is 1. The van der Waals surface area contributed by atoms with Gasteiger partial charge in [0.1, 0.15) is 5.76 Å². The van der Waals surface area contributed by atoms with Crippen LogP contribution in [0.3, 0.4) is 0 Å². The molecule has 0 aliphatic carbocycles. The van der Waals surface area contributed by atoms with E-state index in [1.165, 1.54) is 0 Å². The quantitative estimate of drug-likeness (QED) is 0.710. The van der Waals surface area contributed by atoms with Crippen molar-refractivity contribution in [3.8, 4) is 11.5 Å². The average Bonchev–Trinajstić information content (AvgIpc) is 3.04. The second-order valence-corrected chi connectivity index (χ2v) is 7.09. The van der Waals surface area contributed by atoms with Crippen LogP contribution in [0, 0.1) is 19.8 Å².